The molecule has 0 aliphatic heterocycles. The Bertz CT molecular complexity index is 2350. The molecule has 0 saturated carbocycles. The van der Waals surface area contributed by atoms with E-state index in [1.54, 1.807) is 6.20 Å². The molecule has 0 aliphatic carbocycles. The van der Waals surface area contributed by atoms with E-state index < -0.39 is 8.07 Å². The first-order chi connectivity index (χ1) is 22.7. The molecular formula is C40H35IrN5OSi-2. The van der Waals surface area contributed by atoms with Crippen molar-refractivity contribution in [3.63, 3.8) is 0 Å². The van der Waals surface area contributed by atoms with E-state index in [9.17, 15) is 0 Å². The van der Waals surface area contributed by atoms with E-state index in [0.717, 1.165) is 78.4 Å². The van der Waals surface area contributed by atoms with Gasteiger partial charge in [0.25, 0.3) is 0 Å². The third kappa shape index (κ3) is 6.39. The smallest absolute Gasteiger partial charge is 0.120 e. The SMILES string of the molecule is C[Si](C)(C)c1ccc(-c2[c-]cccc2)nc1.Cc1cc(-n2c(-c3[c-]ccc4c3oc3ccccc34)nc3ccnc(C)c32)cc(C)n1.[Ir]. The van der Waals surface area contributed by atoms with Crippen LogP contribution in [-0.4, -0.2) is 32.6 Å². The molecule has 0 saturated heterocycles. The maximum Gasteiger partial charge on any atom is 0.120 e. The van der Waals surface area contributed by atoms with Gasteiger partial charge < -0.3 is 14.0 Å². The number of imidazole rings is 1. The molecule has 0 N–H and O–H groups in total. The summed E-state index contributed by atoms with van der Waals surface area (Å²) < 4.78 is 8.44. The van der Waals surface area contributed by atoms with Crippen LogP contribution >= 0.6 is 0 Å². The van der Waals surface area contributed by atoms with Crippen LogP contribution in [0.15, 0.2) is 108 Å². The van der Waals surface area contributed by atoms with E-state index in [4.69, 9.17) is 9.40 Å². The third-order valence-corrected chi connectivity index (χ3v) is 10.3. The predicted octanol–water partition coefficient (Wildman–Crippen LogP) is 9.20. The second-order valence-corrected chi connectivity index (χ2v) is 17.9. The van der Waals surface area contributed by atoms with Crippen LogP contribution in [0, 0.1) is 32.9 Å². The molecule has 0 atom stereocenters. The maximum atomic E-state index is 6.29. The van der Waals surface area contributed by atoms with Crippen molar-refractivity contribution in [1.29, 1.82) is 0 Å². The summed E-state index contributed by atoms with van der Waals surface area (Å²) in [6.45, 7) is 13.0. The quantitative estimate of drug-likeness (QED) is 0.131. The number of fused-ring (bicyclic) bond motifs is 4. The number of aryl methyl sites for hydroxylation is 3. The van der Waals surface area contributed by atoms with Gasteiger partial charge in [0.05, 0.1) is 36.2 Å². The largest absolute Gasteiger partial charge is 0.501 e. The zero-order chi connectivity index (χ0) is 32.7. The zero-order valence-electron chi connectivity index (χ0n) is 27.8. The van der Waals surface area contributed by atoms with Crippen LogP contribution in [-0.2, 0) is 20.1 Å². The van der Waals surface area contributed by atoms with E-state index in [-0.39, 0.29) is 20.1 Å². The number of nitrogens with zero attached hydrogens (tertiary/aromatic N) is 5. The van der Waals surface area contributed by atoms with Crippen molar-refractivity contribution in [2.24, 2.45) is 0 Å². The second kappa shape index (κ2) is 13.4. The number of hydrogen-bond donors (Lipinski definition) is 0. The van der Waals surface area contributed by atoms with Crippen LogP contribution in [0.3, 0.4) is 0 Å². The molecule has 48 heavy (non-hydrogen) atoms. The van der Waals surface area contributed by atoms with E-state index >= 15 is 0 Å². The number of furan rings is 1. The van der Waals surface area contributed by atoms with Gasteiger partial charge in [0.2, 0.25) is 0 Å². The van der Waals surface area contributed by atoms with Crippen LogP contribution in [0.2, 0.25) is 19.6 Å². The van der Waals surface area contributed by atoms with Gasteiger partial charge in [0, 0.05) is 55.0 Å². The first kappa shape index (κ1) is 33.2. The Labute approximate surface area is 295 Å². The average Bonchev–Trinajstić information content (AvgIpc) is 3.65. The molecule has 5 heterocycles. The number of benzene rings is 3. The van der Waals surface area contributed by atoms with Crippen LogP contribution in [0.5, 0.6) is 0 Å². The summed E-state index contributed by atoms with van der Waals surface area (Å²) in [6.07, 6.45) is 3.82. The second-order valence-electron chi connectivity index (χ2n) is 12.8. The summed E-state index contributed by atoms with van der Waals surface area (Å²) in [5, 5.41) is 3.54. The fourth-order valence-corrected chi connectivity index (χ4v) is 6.98. The van der Waals surface area contributed by atoms with E-state index in [1.807, 2.05) is 87.6 Å². The van der Waals surface area contributed by atoms with Crippen molar-refractivity contribution >= 4 is 46.2 Å². The molecule has 0 spiro atoms. The number of para-hydroxylation sites is 1. The standard InChI is InChI=1S/C26H19N4O.C14H16NSi.Ir/c1-15-13-18(14-16(2)28-15)30-24-17(3)27-12-11-22(24)29-26(30)21-9-6-8-20-19-7-4-5-10-23(19)31-25(20)21;1-16(2,3)13-9-10-14(15-11-13)12-7-5-4-6-8-12;/h4-8,10-14H,1-3H3;4-7,9-11H,1-3H3;/q2*-1;. The first-order valence-electron chi connectivity index (χ1n) is 15.7. The number of pyridine rings is 3. The Balaban J connectivity index is 0.000000201. The Hall–Kier alpha value is -4.75. The molecule has 5 aromatic heterocycles. The van der Waals surface area contributed by atoms with Gasteiger partial charge in [-0.1, -0.05) is 60.9 Å². The average molecular weight is 822 g/mol. The molecule has 0 bridgehead atoms. The Kier molecular flexibility index (Phi) is 9.25. The van der Waals surface area contributed by atoms with Gasteiger partial charge in [0.1, 0.15) is 5.58 Å². The predicted molar refractivity (Wildman–Crippen MR) is 194 cm³/mol. The number of aromatic nitrogens is 5. The van der Waals surface area contributed by atoms with Gasteiger partial charge >= 0.3 is 0 Å². The Morgan fingerprint density at radius 1 is 0.750 bits per heavy atom. The molecule has 0 amide bonds. The van der Waals surface area contributed by atoms with Gasteiger partial charge in [-0.3, -0.25) is 15.0 Å². The summed E-state index contributed by atoms with van der Waals surface area (Å²) >= 11 is 0. The first-order valence-corrected chi connectivity index (χ1v) is 19.2. The van der Waals surface area contributed by atoms with E-state index in [2.05, 4.69) is 81.6 Å². The van der Waals surface area contributed by atoms with Gasteiger partial charge in [-0.2, -0.15) is 0 Å². The summed E-state index contributed by atoms with van der Waals surface area (Å²) in [5.41, 5.74) is 10.2. The fraction of sp³-hybridized carbons (Fsp3) is 0.150. The molecule has 1 radical (unpaired) electrons. The molecule has 8 heteroatoms. The molecule has 6 nitrogen and oxygen atoms in total. The molecule has 0 fully saturated rings. The van der Waals surface area contributed by atoms with Crippen molar-refractivity contribution < 1.29 is 24.5 Å². The number of rotatable bonds is 4. The molecule has 8 aromatic rings. The van der Waals surface area contributed by atoms with Crippen molar-refractivity contribution in [1.82, 2.24) is 24.5 Å². The van der Waals surface area contributed by atoms with Crippen LogP contribution in [0.1, 0.15) is 17.1 Å². The zero-order valence-corrected chi connectivity index (χ0v) is 31.2. The van der Waals surface area contributed by atoms with Crippen LogP contribution in [0.25, 0.3) is 61.3 Å². The Morgan fingerprint density at radius 3 is 2.23 bits per heavy atom. The third-order valence-electron chi connectivity index (χ3n) is 8.25. The monoisotopic (exact) mass is 822 g/mol. The summed E-state index contributed by atoms with van der Waals surface area (Å²) in [4.78, 5) is 18.6. The van der Waals surface area contributed by atoms with Crippen molar-refractivity contribution in [2.75, 3.05) is 0 Å². The van der Waals surface area contributed by atoms with Gasteiger partial charge in [-0.15, -0.1) is 54.1 Å². The van der Waals surface area contributed by atoms with Gasteiger partial charge in [-0.05, 0) is 55.9 Å². The molecule has 8 rings (SSSR count). The fourth-order valence-electron chi connectivity index (χ4n) is 5.95. The van der Waals surface area contributed by atoms with Crippen molar-refractivity contribution in [3.05, 3.63) is 133 Å². The maximum absolute atomic E-state index is 6.29. The molecule has 241 valence electrons. The minimum atomic E-state index is -1.23. The topological polar surface area (TPSA) is 69.6 Å². The normalized spacial score (nSPS) is 11.4. The van der Waals surface area contributed by atoms with Gasteiger partial charge in [-0.25, -0.2) is 0 Å². The minimum absolute atomic E-state index is 0. The van der Waals surface area contributed by atoms with Crippen molar-refractivity contribution in [2.45, 2.75) is 40.4 Å². The van der Waals surface area contributed by atoms with E-state index in [1.165, 1.54) is 5.19 Å². The summed E-state index contributed by atoms with van der Waals surface area (Å²) in [6, 6.07) is 37.0. The molecular weight excluding hydrogens is 787 g/mol. The molecule has 0 unspecified atom stereocenters. The van der Waals surface area contributed by atoms with Gasteiger partial charge in [0.15, 0.2) is 0 Å². The summed E-state index contributed by atoms with van der Waals surface area (Å²) in [5.74, 6) is 0.778. The van der Waals surface area contributed by atoms with Crippen LogP contribution in [0.4, 0.5) is 0 Å². The minimum Gasteiger partial charge on any atom is -0.501 e. The number of hydrogen-bond acceptors (Lipinski definition) is 5. The van der Waals surface area contributed by atoms with Crippen molar-refractivity contribution in [3.8, 4) is 28.3 Å². The Morgan fingerprint density at radius 2 is 1.52 bits per heavy atom. The molecule has 3 aromatic carbocycles. The molecule has 0 aliphatic rings. The summed E-state index contributed by atoms with van der Waals surface area (Å²) in [7, 11) is -1.23. The van der Waals surface area contributed by atoms with E-state index in [0.29, 0.717) is 0 Å². The van der Waals surface area contributed by atoms with Crippen LogP contribution < -0.4 is 5.19 Å².